The maximum Gasteiger partial charge on any atom is 0.322 e. The van der Waals surface area contributed by atoms with E-state index in [0.29, 0.717) is 0 Å². The van der Waals surface area contributed by atoms with Crippen molar-refractivity contribution in [3.05, 3.63) is 52.7 Å². The number of carbonyl (C=O) groups excluding carboxylic acids is 1. The molecule has 2 aromatic rings. The van der Waals surface area contributed by atoms with Crippen molar-refractivity contribution in [3.63, 3.8) is 0 Å². The Bertz CT molecular complexity index is 535. The zero-order valence-electron chi connectivity index (χ0n) is 11.4. The molecule has 3 nitrogen and oxygen atoms in total. The average Bonchev–Trinajstić information content (AvgIpc) is 2.93. The summed E-state index contributed by atoms with van der Waals surface area (Å²) < 4.78 is 0. The lowest BCUT2D eigenvalue weighted by molar-refractivity contribution is 0.237. The van der Waals surface area contributed by atoms with E-state index in [0.717, 1.165) is 11.3 Å². The second kappa shape index (κ2) is 5.45. The Morgan fingerprint density at radius 1 is 1.21 bits per heavy atom. The first kappa shape index (κ1) is 13.6. The fourth-order valence-electron chi connectivity index (χ4n) is 1.81. The lowest BCUT2D eigenvalue weighted by Gasteiger charge is -2.29. The number of para-hydroxylation sites is 1. The van der Waals surface area contributed by atoms with E-state index >= 15 is 0 Å². The summed E-state index contributed by atoms with van der Waals surface area (Å²) in [5.41, 5.74) is 1.62. The van der Waals surface area contributed by atoms with Crippen molar-refractivity contribution >= 4 is 23.1 Å². The third kappa shape index (κ3) is 3.15. The quantitative estimate of drug-likeness (QED) is 0.906. The van der Waals surface area contributed by atoms with Gasteiger partial charge in [-0.3, -0.25) is 4.90 Å². The van der Waals surface area contributed by atoms with Gasteiger partial charge in [0.1, 0.15) is 0 Å². The van der Waals surface area contributed by atoms with Crippen LogP contribution in [0.3, 0.4) is 0 Å². The largest absolute Gasteiger partial charge is 0.329 e. The fourth-order valence-corrected chi connectivity index (χ4v) is 2.64. The van der Waals surface area contributed by atoms with Crippen LogP contribution in [0.25, 0.3) is 0 Å². The molecule has 2 amide bonds. The van der Waals surface area contributed by atoms with Crippen molar-refractivity contribution in [1.29, 1.82) is 0 Å². The smallest absolute Gasteiger partial charge is 0.322 e. The molecule has 1 heterocycles. The molecular weight excluding hydrogens is 256 g/mol. The highest BCUT2D eigenvalue weighted by atomic mass is 32.1. The SMILES string of the molecule is CN(C(=O)NC(C)(C)c1ccsc1)c1ccccc1. The Morgan fingerprint density at radius 2 is 1.89 bits per heavy atom. The van der Waals surface area contributed by atoms with Crippen LogP contribution in [0.4, 0.5) is 10.5 Å². The van der Waals surface area contributed by atoms with Gasteiger partial charge in [0, 0.05) is 12.7 Å². The second-order valence-corrected chi connectivity index (χ2v) is 5.74. The summed E-state index contributed by atoms with van der Waals surface area (Å²) in [4.78, 5) is 13.9. The van der Waals surface area contributed by atoms with E-state index in [1.165, 1.54) is 0 Å². The molecule has 1 aromatic heterocycles. The maximum atomic E-state index is 12.3. The second-order valence-electron chi connectivity index (χ2n) is 4.96. The van der Waals surface area contributed by atoms with Gasteiger partial charge >= 0.3 is 6.03 Å². The first-order valence-electron chi connectivity index (χ1n) is 6.14. The normalized spacial score (nSPS) is 11.1. The number of hydrogen-bond acceptors (Lipinski definition) is 2. The molecule has 0 aliphatic heterocycles. The van der Waals surface area contributed by atoms with Gasteiger partial charge in [-0.2, -0.15) is 11.3 Å². The summed E-state index contributed by atoms with van der Waals surface area (Å²) in [6.07, 6.45) is 0. The van der Waals surface area contributed by atoms with Crippen LogP contribution in [0.1, 0.15) is 19.4 Å². The number of carbonyl (C=O) groups is 1. The molecular formula is C15H18N2OS. The van der Waals surface area contributed by atoms with E-state index < -0.39 is 0 Å². The van der Waals surface area contributed by atoms with Crippen LogP contribution in [-0.4, -0.2) is 13.1 Å². The third-order valence-electron chi connectivity index (χ3n) is 3.11. The van der Waals surface area contributed by atoms with Crippen LogP contribution >= 0.6 is 11.3 Å². The number of hydrogen-bond donors (Lipinski definition) is 1. The highest BCUT2D eigenvalue weighted by molar-refractivity contribution is 7.08. The van der Waals surface area contributed by atoms with E-state index in [-0.39, 0.29) is 11.6 Å². The molecule has 1 N–H and O–H groups in total. The predicted molar refractivity (Wildman–Crippen MR) is 80.7 cm³/mol. The van der Waals surface area contributed by atoms with E-state index in [9.17, 15) is 4.79 Å². The topological polar surface area (TPSA) is 32.3 Å². The van der Waals surface area contributed by atoms with Crippen molar-refractivity contribution in [2.45, 2.75) is 19.4 Å². The van der Waals surface area contributed by atoms with Gasteiger partial charge in [-0.15, -0.1) is 0 Å². The van der Waals surface area contributed by atoms with E-state index in [2.05, 4.69) is 10.7 Å². The Labute approximate surface area is 117 Å². The van der Waals surface area contributed by atoms with Gasteiger partial charge in [0.2, 0.25) is 0 Å². The molecule has 1 aromatic carbocycles. The molecule has 0 fully saturated rings. The van der Waals surface area contributed by atoms with Crippen molar-refractivity contribution in [3.8, 4) is 0 Å². The zero-order chi connectivity index (χ0) is 13.9. The van der Waals surface area contributed by atoms with Crippen LogP contribution in [-0.2, 0) is 5.54 Å². The molecule has 0 bridgehead atoms. The minimum absolute atomic E-state index is 0.109. The number of rotatable bonds is 3. The average molecular weight is 274 g/mol. The first-order valence-corrected chi connectivity index (χ1v) is 7.08. The summed E-state index contributed by atoms with van der Waals surface area (Å²) in [6.45, 7) is 4.01. The number of nitrogens with one attached hydrogen (secondary N) is 1. The molecule has 19 heavy (non-hydrogen) atoms. The van der Waals surface area contributed by atoms with E-state index in [1.54, 1.807) is 23.3 Å². The molecule has 0 aliphatic rings. The summed E-state index contributed by atoms with van der Waals surface area (Å²) in [5, 5.41) is 7.13. The number of benzene rings is 1. The van der Waals surface area contributed by atoms with Crippen molar-refractivity contribution < 1.29 is 4.79 Å². The molecule has 0 saturated carbocycles. The highest BCUT2D eigenvalue weighted by Crippen LogP contribution is 2.23. The lowest BCUT2D eigenvalue weighted by Crippen LogP contribution is -2.47. The van der Waals surface area contributed by atoms with Crippen LogP contribution in [0.5, 0.6) is 0 Å². The maximum absolute atomic E-state index is 12.3. The molecule has 0 saturated heterocycles. The molecule has 0 unspecified atom stereocenters. The molecule has 0 spiro atoms. The van der Waals surface area contributed by atoms with E-state index in [1.807, 2.05) is 55.6 Å². The zero-order valence-corrected chi connectivity index (χ0v) is 12.2. The molecule has 100 valence electrons. The Morgan fingerprint density at radius 3 is 2.47 bits per heavy atom. The lowest BCUT2D eigenvalue weighted by atomic mass is 9.98. The van der Waals surface area contributed by atoms with Gasteiger partial charge in [-0.1, -0.05) is 18.2 Å². The Kier molecular flexibility index (Phi) is 3.90. The van der Waals surface area contributed by atoms with Crippen molar-refractivity contribution in [2.75, 3.05) is 11.9 Å². The van der Waals surface area contributed by atoms with Gasteiger partial charge in [-0.25, -0.2) is 4.79 Å². The van der Waals surface area contributed by atoms with Crippen LogP contribution < -0.4 is 10.2 Å². The van der Waals surface area contributed by atoms with Gasteiger partial charge in [0.15, 0.2) is 0 Å². The number of amides is 2. The highest BCUT2D eigenvalue weighted by Gasteiger charge is 2.25. The van der Waals surface area contributed by atoms with Crippen molar-refractivity contribution in [1.82, 2.24) is 5.32 Å². The molecule has 0 atom stereocenters. The minimum atomic E-state index is -0.375. The number of nitrogens with zero attached hydrogens (tertiary/aromatic N) is 1. The fraction of sp³-hybridized carbons (Fsp3) is 0.267. The van der Waals surface area contributed by atoms with Gasteiger partial charge in [-0.05, 0) is 48.4 Å². The first-order chi connectivity index (χ1) is 9.00. The number of urea groups is 1. The molecule has 4 heteroatoms. The Balaban J connectivity index is 2.09. The van der Waals surface area contributed by atoms with E-state index in [4.69, 9.17) is 0 Å². The Hall–Kier alpha value is -1.81. The monoisotopic (exact) mass is 274 g/mol. The van der Waals surface area contributed by atoms with Crippen molar-refractivity contribution in [2.24, 2.45) is 0 Å². The minimum Gasteiger partial charge on any atom is -0.329 e. The molecule has 2 rings (SSSR count). The van der Waals surface area contributed by atoms with Crippen LogP contribution in [0, 0.1) is 0 Å². The number of thiophene rings is 1. The summed E-state index contributed by atoms with van der Waals surface area (Å²) in [6, 6.07) is 11.5. The predicted octanol–water partition coefficient (Wildman–Crippen LogP) is 3.83. The van der Waals surface area contributed by atoms with Crippen LogP contribution in [0.2, 0.25) is 0 Å². The molecule has 0 radical (unpaired) electrons. The van der Waals surface area contributed by atoms with Gasteiger partial charge in [0.05, 0.1) is 5.54 Å². The van der Waals surface area contributed by atoms with Crippen LogP contribution in [0.15, 0.2) is 47.2 Å². The standard InChI is InChI=1S/C15H18N2OS/c1-15(2,12-9-10-19-11-12)16-14(18)17(3)13-7-5-4-6-8-13/h4-11H,1-3H3,(H,16,18). The van der Waals surface area contributed by atoms with Gasteiger partial charge < -0.3 is 5.32 Å². The summed E-state index contributed by atoms with van der Waals surface area (Å²) in [7, 11) is 1.77. The van der Waals surface area contributed by atoms with Gasteiger partial charge in [0.25, 0.3) is 0 Å². The summed E-state index contributed by atoms with van der Waals surface area (Å²) >= 11 is 1.63. The summed E-state index contributed by atoms with van der Waals surface area (Å²) in [5.74, 6) is 0. The number of anilines is 1. The third-order valence-corrected chi connectivity index (χ3v) is 3.79. The molecule has 0 aliphatic carbocycles.